The van der Waals surface area contributed by atoms with Gasteiger partial charge in [0.05, 0.1) is 85.3 Å². The molecule has 0 bridgehead atoms. The molecule has 0 aliphatic heterocycles. The van der Waals surface area contributed by atoms with Crippen LogP contribution in [0.25, 0.3) is 0 Å². The molecule has 2 aliphatic carbocycles. The van der Waals surface area contributed by atoms with Gasteiger partial charge in [0, 0.05) is 43.3 Å². The molecule has 0 heterocycles. The first-order valence-corrected chi connectivity index (χ1v) is 51.0. The summed E-state index contributed by atoms with van der Waals surface area (Å²) in [6.45, 7) is 32.0. The van der Waals surface area contributed by atoms with Crippen LogP contribution >= 0.6 is 0 Å². The standard InChI is InChI=1S/2C26H30O2.C23H30O2.C22H22O2.C20H24O2.C17H20O2.CH4/c1-25(2,21-11-15-23(27-5)16-12-21)19-7-9-20(10-8-19)26(3,4)22-13-17-24(28-6)18-14-22;1-25(2,19-10-14-23(27-5)15-11-19)21-8-7-9-22(18-21)26(3,4)20-12-16-24(28-6)17-13-20;1-17-14-22(2,3)16-23(15-17,18-6-10-20(24-4)11-7-18)19-8-12-21(25-5)13-9-19;1-22(17-7-5-4-6-8-17,18-9-13-20(23-2)14-10-18)19-11-15-21(24-3)16-12-19;1-21-18-10-6-16(7-11-18)20(14-4-3-5-15-20)17-8-12-19(22-2)13-9-17;1-17(2,13-5-9-15(18-3)10-6-13)14-7-11-16(19-4)12-8-14;/h2*7-18H,1-6H3;6-13,17H,14-16H2,1-5H3;4-16H,1-3H3;6-13H,3-5,14-15H2,1-2H3;5-12H,1-4H3;1H4. The molecule has 0 aromatic heterocycles. The van der Waals surface area contributed by atoms with Crippen molar-refractivity contribution >= 4 is 0 Å². The molecular weight excluding hydrogens is 1810 g/mol. The summed E-state index contributed by atoms with van der Waals surface area (Å²) in [5.41, 5.74) is 21.9. The van der Waals surface area contributed by atoms with E-state index in [4.69, 9.17) is 56.8 Å². The van der Waals surface area contributed by atoms with E-state index in [-0.39, 0.29) is 50.7 Å². The predicted octanol–water partition coefficient (Wildman–Crippen LogP) is 33.2. The lowest BCUT2D eigenvalue weighted by molar-refractivity contribution is 0.127. The Morgan fingerprint density at radius 1 is 0.197 bits per heavy atom. The van der Waals surface area contributed by atoms with E-state index in [1.54, 1.807) is 85.3 Å². The van der Waals surface area contributed by atoms with E-state index in [9.17, 15) is 0 Å². The lowest BCUT2D eigenvalue weighted by Crippen LogP contribution is -2.41. The average molecular weight is 1970 g/mol. The smallest absolute Gasteiger partial charge is 0.118 e. The molecule has 147 heavy (non-hydrogen) atoms. The van der Waals surface area contributed by atoms with Gasteiger partial charge in [0.25, 0.3) is 0 Å². The Morgan fingerprint density at radius 2 is 0.374 bits per heavy atom. The number of hydrogen-bond acceptors (Lipinski definition) is 12. The fourth-order valence-electron chi connectivity index (χ4n) is 21.3. The van der Waals surface area contributed by atoms with Gasteiger partial charge in [0.1, 0.15) is 69.0 Å². The van der Waals surface area contributed by atoms with Crippen molar-refractivity contribution in [3.8, 4) is 69.0 Å². The molecule has 1 unspecified atom stereocenters. The molecule has 15 aromatic carbocycles. The third-order valence-electron chi connectivity index (χ3n) is 30.8. The minimum atomic E-state index is -0.250. The average Bonchev–Trinajstić information content (AvgIpc) is 0.747. The molecule has 2 saturated carbocycles. The molecule has 772 valence electrons. The molecule has 1 atom stereocenters. The Bertz CT molecular complexity index is 6120. The van der Waals surface area contributed by atoms with Gasteiger partial charge >= 0.3 is 0 Å². The SMILES string of the molecule is C.COc1ccc(C(C)(C)c2ccc(C(C)(C)c3ccc(OC)cc3)cc2)cc1.COc1ccc(C(C)(C)c2ccc(OC)cc2)cc1.COc1ccc(C(C)(C)c2cccc(C(C)(C)c3ccc(OC)cc3)c2)cc1.COc1ccc(C(C)(c2ccccc2)c2ccc(OC)cc2)cc1.COc1ccc(C2(c3ccc(OC)cc3)CC(C)CC(C)(C)C2)cc1.COc1ccc(C2(c3ccc(OC)cc3)CCCCC2)cc1. The zero-order chi connectivity index (χ0) is 105. The highest BCUT2D eigenvalue weighted by Crippen LogP contribution is 2.55. The number of methoxy groups -OCH3 is 12. The molecule has 0 saturated heterocycles. The molecule has 17 rings (SSSR count). The van der Waals surface area contributed by atoms with Crippen molar-refractivity contribution in [1.29, 1.82) is 0 Å². The Morgan fingerprint density at radius 3 is 0.585 bits per heavy atom. The third kappa shape index (κ3) is 27.2. The summed E-state index contributed by atoms with van der Waals surface area (Å²) in [6, 6.07) is 130. The van der Waals surface area contributed by atoms with Crippen molar-refractivity contribution in [2.24, 2.45) is 11.3 Å². The lowest BCUT2D eigenvalue weighted by Gasteiger charge is -2.48. The second-order valence-corrected chi connectivity index (χ2v) is 42.1. The molecule has 12 nitrogen and oxygen atoms in total. The van der Waals surface area contributed by atoms with Crippen LogP contribution in [0, 0.1) is 11.3 Å². The monoisotopic (exact) mass is 1970 g/mol. The van der Waals surface area contributed by atoms with E-state index in [1.165, 1.54) is 140 Å². The van der Waals surface area contributed by atoms with Gasteiger partial charge in [-0.1, -0.05) is 341 Å². The summed E-state index contributed by atoms with van der Waals surface area (Å²) in [5.74, 6) is 11.4. The second-order valence-electron chi connectivity index (χ2n) is 42.1. The van der Waals surface area contributed by atoms with Gasteiger partial charge in [-0.05, 0) is 291 Å². The van der Waals surface area contributed by atoms with Crippen LogP contribution in [0.1, 0.15) is 250 Å². The minimum absolute atomic E-state index is 0. The van der Waals surface area contributed by atoms with E-state index >= 15 is 0 Å². The molecule has 2 fully saturated rings. The van der Waals surface area contributed by atoms with E-state index in [2.05, 4.69) is 364 Å². The third-order valence-corrected chi connectivity index (χ3v) is 30.8. The fraction of sp³-hybridized carbons (Fsp3) is 0.333. The first kappa shape index (κ1) is 113. The topological polar surface area (TPSA) is 111 Å². The maximum absolute atomic E-state index is 5.37. The molecule has 2 aliphatic rings. The number of hydrogen-bond donors (Lipinski definition) is 0. The second kappa shape index (κ2) is 50.8. The highest BCUT2D eigenvalue weighted by Gasteiger charge is 2.46. The summed E-state index contributed by atoms with van der Waals surface area (Å²) < 4.78 is 63.6. The molecule has 0 radical (unpaired) electrons. The lowest BCUT2D eigenvalue weighted by atomic mass is 9.55. The van der Waals surface area contributed by atoms with Crippen LogP contribution in [0.15, 0.2) is 370 Å². The summed E-state index contributed by atoms with van der Waals surface area (Å²) in [6.07, 6.45) is 9.96. The van der Waals surface area contributed by atoms with Crippen molar-refractivity contribution < 1.29 is 56.8 Å². The first-order valence-electron chi connectivity index (χ1n) is 51.0. The maximum atomic E-state index is 5.37. The molecule has 12 heteroatoms. The Hall–Kier alpha value is -14.1. The predicted molar refractivity (Wildman–Crippen MR) is 610 cm³/mol. The van der Waals surface area contributed by atoms with Crippen LogP contribution in [0.2, 0.25) is 0 Å². The zero-order valence-corrected chi connectivity index (χ0v) is 91.4. The number of rotatable bonds is 29. The molecule has 0 N–H and O–H groups in total. The maximum Gasteiger partial charge on any atom is 0.118 e. The van der Waals surface area contributed by atoms with Crippen LogP contribution in [-0.4, -0.2) is 85.3 Å². The zero-order valence-electron chi connectivity index (χ0n) is 91.4. The van der Waals surface area contributed by atoms with Crippen LogP contribution in [0.3, 0.4) is 0 Å². The molecular formula is C135H160O12. The first-order chi connectivity index (χ1) is 70.0. The molecule has 15 aromatic rings. The van der Waals surface area contributed by atoms with Gasteiger partial charge in [-0.25, -0.2) is 0 Å². The van der Waals surface area contributed by atoms with Crippen molar-refractivity contribution in [2.45, 2.75) is 199 Å². The van der Waals surface area contributed by atoms with Gasteiger partial charge in [-0.15, -0.1) is 0 Å². The molecule has 0 amide bonds. The van der Waals surface area contributed by atoms with Crippen LogP contribution in [0.4, 0.5) is 0 Å². The van der Waals surface area contributed by atoms with Crippen LogP contribution in [-0.2, 0) is 43.3 Å². The summed E-state index contributed by atoms with van der Waals surface area (Å²) in [4.78, 5) is 0. The quantitative estimate of drug-likeness (QED) is 0.0416. The van der Waals surface area contributed by atoms with Gasteiger partial charge in [0.2, 0.25) is 0 Å². The summed E-state index contributed by atoms with van der Waals surface area (Å²) in [7, 11) is 20.4. The highest BCUT2D eigenvalue weighted by molar-refractivity contribution is 5.55. The number of benzene rings is 15. The van der Waals surface area contributed by atoms with Crippen LogP contribution in [0.5, 0.6) is 69.0 Å². The Labute approximate surface area is 880 Å². The Kier molecular flexibility index (Phi) is 39.1. The van der Waals surface area contributed by atoms with Gasteiger partial charge in [-0.3, -0.25) is 0 Å². The summed E-state index contributed by atoms with van der Waals surface area (Å²) in [5, 5.41) is 0. The van der Waals surface area contributed by atoms with Crippen molar-refractivity contribution in [3.05, 3.63) is 465 Å². The largest absolute Gasteiger partial charge is 0.497 e. The highest BCUT2D eigenvalue weighted by atomic mass is 16.5. The van der Waals surface area contributed by atoms with Crippen LogP contribution < -0.4 is 56.8 Å². The van der Waals surface area contributed by atoms with E-state index in [0.717, 1.165) is 75.4 Å². The van der Waals surface area contributed by atoms with E-state index in [1.807, 2.05) is 103 Å². The van der Waals surface area contributed by atoms with E-state index < -0.39 is 0 Å². The van der Waals surface area contributed by atoms with Gasteiger partial charge in [0.15, 0.2) is 0 Å². The number of ether oxygens (including phenoxy) is 12. The van der Waals surface area contributed by atoms with Crippen molar-refractivity contribution in [1.82, 2.24) is 0 Å². The Balaban J connectivity index is 0.000000168. The van der Waals surface area contributed by atoms with Gasteiger partial charge < -0.3 is 56.8 Å². The normalized spacial score (nSPS) is 14.0. The van der Waals surface area contributed by atoms with E-state index in [0.29, 0.717) is 11.3 Å². The minimum Gasteiger partial charge on any atom is -0.497 e. The van der Waals surface area contributed by atoms with Gasteiger partial charge in [-0.2, -0.15) is 0 Å². The fourth-order valence-corrected chi connectivity index (χ4v) is 21.3. The van der Waals surface area contributed by atoms with Crippen molar-refractivity contribution in [3.63, 3.8) is 0 Å². The molecule has 0 spiro atoms. The summed E-state index contributed by atoms with van der Waals surface area (Å²) >= 11 is 0. The van der Waals surface area contributed by atoms with Crippen molar-refractivity contribution in [2.75, 3.05) is 85.3 Å².